The minimum absolute atomic E-state index is 0.0419. The van der Waals surface area contributed by atoms with Crippen molar-refractivity contribution in [3.8, 4) is 0 Å². The van der Waals surface area contributed by atoms with Crippen LogP contribution in [-0.2, 0) is 4.79 Å². The molecule has 0 aliphatic heterocycles. The van der Waals surface area contributed by atoms with Crippen molar-refractivity contribution in [3.63, 3.8) is 0 Å². The molecule has 0 radical (unpaired) electrons. The van der Waals surface area contributed by atoms with Crippen LogP contribution in [0.25, 0.3) is 0 Å². The van der Waals surface area contributed by atoms with Crippen molar-refractivity contribution in [2.45, 2.75) is 13.3 Å². The number of hydrogen-bond acceptors (Lipinski definition) is 5. The minimum atomic E-state index is -0.538. The molecule has 7 heteroatoms. The van der Waals surface area contributed by atoms with Gasteiger partial charge in [-0.15, -0.1) is 0 Å². The van der Waals surface area contributed by atoms with Crippen molar-refractivity contribution in [2.24, 2.45) is 5.73 Å². The number of hydrogen-bond donors (Lipinski definition) is 2. The molecule has 19 heavy (non-hydrogen) atoms. The first kappa shape index (κ1) is 14.7. The Bertz CT molecular complexity index is 476. The molecule has 0 fully saturated rings. The Morgan fingerprint density at radius 1 is 1.53 bits per heavy atom. The Hall–Kier alpha value is -2.31. The number of nitro benzene ring substituents is 1. The molecule has 1 rings (SSSR count). The summed E-state index contributed by atoms with van der Waals surface area (Å²) >= 11 is 0. The van der Waals surface area contributed by atoms with E-state index in [1.807, 2.05) is 6.92 Å². The fourth-order valence-corrected chi connectivity index (χ4v) is 1.75. The van der Waals surface area contributed by atoms with Crippen molar-refractivity contribution in [2.75, 3.05) is 30.4 Å². The van der Waals surface area contributed by atoms with Gasteiger partial charge < -0.3 is 16.0 Å². The number of carbonyl (C=O) groups excluding carboxylic acids is 1. The number of nitrogens with zero attached hydrogens (tertiary/aromatic N) is 2. The number of amides is 1. The van der Waals surface area contributed by atoms with Crippen molar-refractivity contribution in [3.05, 3.63) is 28.3 Å². The fourth-order valence-electron chi connectivity index (χ4n) is 1.75. The van der Waals surface area contributed by atoms with E-state index in [1.165, 1.54) is 4.90 Å². The Morgan fingerprint density at radius 2 is 2.21 bits per heavy atom. The molecule has 7 nitrogen and oxygen atoms in total. The summed E-state index contributed by atoms with van der Waals surface area (Å²) in [6.07, 6.45) is 0.860. The standard InChI is InChI=1S/C12H18N4O3/c1-3-7-14-9-5-4-6-10(12(9)16(18)19)15(2)8-11(13)17/h4-6,14H,3,7-8H2,1-2H3,(H2,13,17). The Labute approximate surface area is 111 Å². The maximum absolute atomic E-state index is 11.2. The summed E-state index contributed by atoms with van der Waals surface area (Å²) in [6.45, 7) is 2.55. The topological polar surface area (TPSA) is 102 Å². The molecule has 3 N–H and O–H groups in total. The van der Waals surface area contributed by atoms with Crippen LogP contribution < -0.4 is 16.0 Å². The molecule has 0 spiro atoms. The predicted molar refractivity (Wildman–Crippen MR) is 74.3 cm³/mol. The van der Waals surface area contributed by atoms with Crippen LogP contribution in [0.3, 0.4) is 0 Å². The third kappa shape index (κ3) is 3.84. The second kappa shape index (κ2) is 6.58. The SMILES string of the molecule is CCCNc1cccc(N(C)CC(N)=O)c1[N+](=O)[O-]. The molecule has 0 unspecified atom stereocenters. The summed E-state index contributed by atoms with van der Waals surface area (Å²) in [5.74, 6) is -0.538. The molecule has 104 valence electrons. The highest BCUT2D eigenvalue weighted by Gasteiger charge is 2.22. The Balaban J connectivity index is 3.15. The van der Waals surface area contributed by atoms with Crippen LogP contribution in [0.4, 0.5) is 17.1 Å². The summed E-state index contributed by atoms with van der Waals surface area (Å²) in [5.41, 5.74) is 5.88. The maximum atomic E-state index is 11.2. The molecular weight excluding hydrogens is 248 g/mol. The summed E-state index contributed by atoms with van der Waals surface area (Å²) in [4.78, 5) is 23.2. The highest BCUT2D eigenvalue weighted by atomic mass is 16.6. The number of benzene rings is 1. The summed E-state index contributed by atoms with van der Waals surface area (Å²) in [6, 6.07) is 4.95. The van der Waals surface area contributed by atoms with Gasteiger partial charge in [0.15, 0.2) is 0 Å². The zero-order valence-corrected chi connectivity index (χ0v) is 11.0. The lowest BCUT2D eigenvalue weighted by Crippen LogP contribution is -2.31. The van der Waals surface area contributed by atoms with E-state index in [-0.39, 0.29) is 12.2 Å². The number of nitrogens with two attached hydrogens (primary N) is 1. The van der Waals surface area contributed by atoms with Gasteiger partial charge in [0.2, 0.25) is 5.91 Å². The van der Waals surface area contributed by atoms with Crippen molar-refractivity contribution >= 4 is 23.0 Å². The van der Waals surface area contributed by atoms with Crippen LogP contribution in [-0.4, -0.2) is 31.0 Å². The van der Waals surface area contributed by atoms with Crippen LogP contribution >= 0.6 is 0 Å². The van der Waals surface area contributed by atoms with Gasteiger partial charge in [-0.1, -0.05) is 13.0 Å². The zero-order chi connectivity index (χ0) is 14.4. The molecule has 0 atom stereocenters. The van der Waals surface area contributed by atoms with E-state index in [9.17, 15) is 14.9 Å². The highest BCUT2D eigenvalue weighted by molar-refractivity contribution is 5.83. The number of carbonyl (C=O) groups is 1. The molecule has 0 aromatic heterocycles. The second-order valence-electron chi connectivity index (χ2n) is 4.18. The smallest absolute Gasteiger partial charge is 0.315 e. The first-order chi connectivity index (χ1) is 8.97. The molecule has 0 aliphatic carbocycles. The van der Waals surface area contributed by atoms with Crippen molar-refractivity contribution in [1.29, 1.82) is 0 Å². The predicted octanol–water partition coefficient (Wildman–Crippen LogP) is 1.34. The van der Waals surface area contributed by atoms with Gasteiger partial charge >= 0.3 is 5.69 Å². The van der Waals surface area contributed by atoms with Gasteiger partial charge in [-0.3, -0.25) is 14.9 Å². The third-order valence-corrected chi connectivity index (χ3v) is 2.57. The fraction of sp³-hybridized carbons (Fsp3) is 0.417. The van der Waals surface area contributed by atoms with Crippen LogP contribution in [0.1, 0.15) is 13.3 Å². The molecule has 0 aliphatic rings. The van der Waals surface area contributed by atoms with Gasteiger partial charge in [0.25, 0.3) is 0 Å². The molecule has 0 saturated carbocycles. The number of nitro groups is 1. The van der Waals surface area contributed by atoms with E-state index >= 15 is 0 Å². The van der Waals surface area contributed by atoms with Crippen molar-refractivity contribution in [1.82, 2.24) is 0 Å². The van der Waals surface area contributed by atoms with Crippen molar-refractivity contribution < 1.29 is 9.72 Å². The monoisotopic (exact) mass is 266 g/mol. The molecule has 1 aromatic rings. The van der Waals surface area contributed by atoms with E-state index in [0.717, 1.165) is 6.42 Å². The van der Waals surface area contributed by atoms with Gasteiger partial charge in [-0.25, -0.2) is 0 Å². The largest absolute Gasteiger partial charge is 0.379 e. The van der Waals surface area contributed by atoms with Gasteiger partial charge in [-0.05, 0) is 18.6 Å². The number of para-hydroxylation sites is 1. The molecule has 0 bridgehead atoms. The highest BCUT2D eigenvalue weighted by Crippen LogP contribution is 2.34. The summed E-state index contributed by atoms with van der Waals surface area (Å²) in [7, 11) is 1.59. The van der Waals surface area contributed by atoms with E-state index in [4.69, 9.17) is 5.73 Å². The Kier molecular flexibility index (Phi) is 5.11. The van der Waals surface area contributed by atoms with Crippen LogP contribution in [0.5, 0.6) is 0 Å². The van der Waals surface area contributed by atoms with Gasteiger partial charge in [0, 0.05) is 13.6 Å². The number of likely N-dealkylation sites (N-methyl/N-ethyl adjacent to an activating group) is 1. The van der Waals surface area contributed by atoms with E-state index < -0.39 is 10.8 Å². The quantitative estimate of drug-likeness (QED) is 0.572. The molecule has 1 amide bonds. The van der Waals surface area contributed by atoms with Crippen LogP contribution in [0.15, 0.2) is 18.2 Å². The van der Waals surface area contributed by atoms with Crippen LogP contribution in [0.2, 0.25) is 0 Å². The lowest BCUT2D eigenvalue weighted by atomic mass is 10.2. The first-order valence-electron chi connectivity index (χ1n) is 5.98. The number of primary amides is 1. The van der Waals surface area contributed by atoms with Gasteiger partial charge in [-0.2, -0.15) is 0 Å². The average Bonchev–Trinajstić information content (AvgIpc) is 2.34. The lowest BCUT2D eigenvalue weighted by Gasteiger charge is -2.18. The minimum Gasteiger partial charge on any atom is -0.379 e. The molecule has 0 saturated heterocycles. The van der Waals surface area contributed by atoms with Gasteiger partial charge in [0.1, 0.15) is 11.4 Å². The average molecular weight is 266 g/mol. The summed E-state index contributed by atoms with van der Waals surface area (Å²) < 4.78 is 0. The van der Waals surface area contributed by atoms with E-state index in [0.29, 0.717) is 17.9 Å². The molecular formula is C12H18N4O3. The van der Waals surface area contributed by atoms with E-state index in [2.05, 4.69) is 5.32 Å². The number of rotatable bonds is 7. The maximum Gasteiger partial charge on any atom is 0.315 e. The van der Waals surface area contributed by atoms with Crippen LogP contribution in [0, 0.1) is 10.1 Å². The second-order valence-corrected chi connectivity index (χ2v) is 4.18. The first-order valence-corrected chi connectivity index (χ1v) is 5.98. The Morgan fingerprint density at radius 3 is 2.74 bits per heavy atom. The van der Waals surface area contributed by atoms with Gasteiger partial charge in [0.05, 0.1) is 11.5 Å². The molecule has 1 aromatic carbocycles. The number of anilines is 2. The van der Waals surface area contributed by atoms with E-state index in [1.54, 1.807) is 25.2 Å². The third-order valence-electron chi connectivity index (χ3n) is 2.57. The molecule has 0 heterocycles. The number of nitrogens with one attached hydrogen (secondary N) is 1. The normalized spacial score (nSPS) is 10.0. The lowest BCUT2D eigenvalue weighted by molar-refractivity contribution is -0.383. The summed E-state index contributed by atoms with van der Waals surface area (Å²) in [5, 5.41) is 14.2. The zero-order valence-electron chi connectivity index (χ0n) is 11.0.